The normalized spacial score (nSPS) is 28.6. The van der Waals surface area contributed by atoms with E-state index in [0.29, 0.717) is 12.6 Å². The first-order chi connectivity index (χ1) is 7.30. The van der Waals surface area contributed by atoms with E-state index in [9.17, 15) is 4.79 Å². The molecule has 0 aliphatic carbocycles. The van der Waals surface area contributed by atoms with Crippen molar-refractivity contribution in [3.63, 3.8) is 0 Å². The summed E-state index contributed by atoms with van der Waals surface area (Å²) in [6.07, 6.45) is 0. The summed E-state index contributed by atoms with van der Waals surface area (Å²) in [6, 6.07) is 0.534. The molecule has 4 heteroatoms. The van der Waals surface area contributed by atoms with Gasteiger partial charge in [0, 0.05) is 25.2 Å². The average Bonchev–Trinajstić information content (AvgIpc) is 2.17. The maximum absolute atomic E-state index is 11.9. The summed E-state index contributed by atoms with van der Waals surface area (Å²) in [5, 5.41) is 9.62. The highest BCUT2D eigenvalue weighted by molar-refractivity contribution is 5.82. The van der Waals surface area contributed by atoms with Gasteiger partial charge in [-0.05, 0) is 19.3 Å². The second kappa shape index (κ2) is 5.15. The Hall–Kier alpha value is -0.610. The lowest BCUT2D eigenvalue weighted by Gasteiger charge is -2.32. The molecular weight excluding hydrogens is 202 g/mol. The standard InChI is InChI=1S/C12H25N3O/c1-8-6-14-10(7-13-8)11(16)15-9(2)12(3,4)5/h8-10,13-14H,6-7H2,1-5H3,(H,15,16). The maximum atomic E-state index is 11.9. The lowest BCUT2D eigenvalue weighted by atomic mass is 9.88. The van der Waals surface area contributed by atoms with Gasteiger partial charge in [0.05, 0.1) is 6.04 Å². The van der Waals surface area contributed by atoms with Gasteiger partial charge < -0.3 is 16.0 Å². The number of carbonyl (C=O) groups excluding carboxylic acids is 1. The highest BCUT2D eigenvalue weighted by atomic mass is 16.2. The zero-order chi connectivity index (χ0) is 12.3. The third kappa shape index (κ3) is 3.76. The van der Waals surface area contributed by atoms with Gasteiger partial charge in [-0.3, -0.25) is 4.79 Å². The van der Waals surface area contributed by atoms with Crippen LogP contribution in [-0.2, 0) is 4.79 Å². The van der Waals surface area contributed by atoms with Crippen LogP contribution >= 0.6 is 0 Å². The molecule has 0 saturated carbocycles. The van der Waals surface area contributed by atoms with Crippen LogP contribution in [0.1, 0.15) is 34.6 Å². The molecule has 0 aromatic carbocycles. The first kappa shape index (κ1) is 13.5. The number of hydrogen-bond acceptors (Lipinski definition) is 3. The zero-order valence-electron chi connectivity index (χ0n) is 11.1. The molecule has 1 saturated heterocycles. The Morgan fingerprint density at radius 2 is 1.94 bits per heavy atom. The van der Waals surface area contributed by atoms with E-state index in [1.165, 1.54) is 0 Å². The van der Waals surface area contributed by atoms with E-state index >= 15 is 0 Å². The molecule has 3 N–H and O–H groups in total. The molecule has 16 heavy (non-hydrogen) atoms. The van der Waals surface area contributed by atoms with Crippen LogP contribution in [0.3, 0.4) is 0 Å². The largest absolute Gasteiger partial charge is 0.352 e. The predicted molar refractivity (Wildman–Crippen MR) is 66.3 cm³/mol. The van der Waals surface area contributed by atoms with E-state index in [0.717, 1.165) is 6.54 Å². The van der Waals surface area contributed by atoms with Crippen molar-refractivity contribution in [2.24, 2.45) is 5.41 Å². The molecule has 1 aliphatic rings. The molecule has 0 aromatic rings. The lowest BCUT2D eigenvalue weighted by Crippen LogP contribution is -2.60. The highest BCUT2D eigenvalue weighted by Gasteiger charge is 2.27. The van der Waals surface area contributed by atoms with Gasteiger partial charge in [0.2, 0.25) is 5.91 Å². The Labute approximate surface area is 98.6 Å². The van der Waals surface area contributed by atoms with E-state index in [1.54, 1.807) is 0 Å². The van der Waals surface area contributed by atoms with Crippen molar-refractivity contribution in [2.45, 2.75) is 52.7 Å². The predicted octanol–water partition coefficient (Wildman–Crippen LogP) is 0.487. The molecule has 1 amide bonds. The highest BCUT2D eigenvalue weighted by Crippen LogP contribution is 2.18. The fourth-order valence-electron chi connectivity index (χ4n) is 1.50. The summed E-state index contributed by atoms with van der Waals surface area (Å²) < 4.78 is 0. The number of nitrogens with one attached hydrogen (secondary N) is 3. The number of amides is 1. The summed E-state index contributed by atoms with van der Waals surface area (Å²) in [6.45, 7) is 12.1. The van der Waals surface area contributed by atoms with Crippen molar-refractivity contribution >= 4 is 5.91 Å². The SMILES string of the molecule is CC1CNC(C(=O)NC(C)C(C)(C)C)CN1. The fourth-order valence-corrected chi connectivity index (χ4v) is 1.50. The third-order valence-corrected chi connectivity index (χ3v) is 3.32. The minimum Gasteiger partial charge on any atom is -0.352 e. The monoisotopic (exact) mass is 227 g/mol. The van der Waals surface area contributed by atoms with Gasteiger partial charge >= 0.3 is 0 Å². The minimum absolute atomic E-state index is 0.0963. The van der Waals surface area contributed by atoms with Gasteiger partial charge in [0.25, 0.3) is 0 Å². The summed E-state index contributed by atoms with van der Waals surface area (Å²) >= 11 is 0. The van der Waals surface area contributed by atoms with Crippen LogP contribution < -0.4 is 16.0 Å². The fraction of sp³-hybridized carbons (Fsp3) is 0.917. The Bertz CT molecular complexity index is 239. The number of carbonyl (C=O) groups is 1. The molecule has 4 nitrogen and oxygen atoms in total. The van der Waals surface area contributed by atoms with E-state index in [1.807, 2.05) is 0 Å². The smallest absolute Gasteiger partial charge is 0.238 e. The Balaban J connectivity index is 2.41. The number of piperazine rings is 1. The molecule has 0 aromatic heterocycles. The Kier molecular flexibility index (Phi) is 4.33. The average molecular weight is 227 g/mol. The minimum atomic E-state index is -0.0963. The van der Waals surface area contributed by atoms with Gasteiger partial charge in [0.1, 0.15) is 0 Å². The van der Waals surface area contributed by atoms with Crippen LogP contribution in [0.25, 0.3) is 0 Å². The summed E-state index contributed by atoms with van der Waals surface area (Å²) in [5.41, 5.74) is 0.102. The van der Waals surface area contributed by atoms with Crippen molar-refractivity contribution in [3.05, 3.63) is 0 Å². The molecule has 0 radical (unpaired) electrons. The van der Waals surface area contributed by atoms with Crippen LogP contribution in [0.5, 0.6) is 0 Å². The second-order valence-electron chi connectivity index (χ2n) is 5.87. The van der Waals surface area contributed by atoms with E-state index < -0.39 is 0 Å². The van der Waals surface area contributed by atoms with Crippen LogP contribution in [0, 0.1) is 5.41 Å². The van der Waals surface area contributed by atoms with Crippen LogP contribution in [0.2, 0.25) is 0 Å². The number of hydrogen-bond donors (Lipinski definition) is 3. The summed E-state index contributed by atoms with van der Waals surface area (Å²) in [4.78, 5) is 11.9. The number of rotatable bonds is 2. The van der Waals surface area contributed by atoms with Crippen LogP contribution in [0.4, 0.5) is 0 Å². The molecule has 3 unspecified atom stereocenters. The molecule has 94 valence electrons. The molecule has 1 fully saturated rings. The molecule has 3 atom stereocenters. The van der Waals surface area contributed by atoms with Crippen molar-refractivity contribution in [1.82, 2.24) is 16.0 Å². The van der Waals surface area contributed by atoms with Gasteiger partial charge in [0.15, 0.2) is 0 Å². The van der Waals surface area contributed by atoms with Gasteiger partial charge in [-0.15, -0.1) is 0 Å². The summed E-state index contributed by atoms with van der Waals surface area (Å²) in [7, 11) is 0. The third-order valence-electron chi connectivity index (χ3n) is 3.32. The van der Waals surface area contributed by atoms with Gasteiger partial charge in [-0.25, -0.2) is 0 Å². The van der Waals surface area contributed by atoms with Gasteiger partial charge in [-0.1, -0.05) is 20.8 Å². The molecule has 1 aliphatic heterocycles. The van der Waals surface area contributed by atoms with E-state index in [4.69, 9.17) is 0 Å². The molecule has 1 rings (SSSR count). The zero-order valence-corrected chi connectivity index (χ0v) is 11.1. The molecule has 0 bridgehead atoms. The molecule has 0 spiro atoms. The first-order valence-electron chi connectivity index (χ1n) is 6.08. The molecule has 1 heterocycles. The Morgan fingerprint density at radius 3 is 2.38 bits per heavy atom. The summed E-state index contributed by atoms with van der Waals surface area (Å²) in [5.74, 6) is 0.0989. The van der Waals surface area contributed by atoms with Crippen molar-refractivity contribution < 1.29 is 4.79 Å². The topological polar surface area (TPSA) is 53.2 Å². The van der Waals surface area contributed by atoms with E-state index in [2.05, 4.69) is 50.6 Å². The van der Waals surface area contributed by atoms with Crippen molar-refractivity contribution in [1.29, 1.82) is 0 Å². The maximum Gasteiger partial charge on any atom is 0.238 e. The second-order valence-corrected chi connectivity index (χ2v) is 5.87. The van der Waals surface area contributed by atoms with Crippen LogP contribution in [0.15, 0.2) is 0 Å². The quantitative estimate of drug-likeness (QED) is 0.643. The first-order valence-corrected chi connectivity index (χ1v) is 6.08. The van der Waals surface area contributed by atoms with Crippen molar-refractivity contribution in [3.8, 4) is 0 Å². The Morgan fingerprint density at radius 1 is 1.31 bits per heavy atom. The van der Waals surface area contributed by atoms with Gasteiger partial charge in [-0.2, -0.15) is 0 Å². The lowest BCUT2D eigenvalue weighted by molar-refractivity contribution is -0.124. The van der Waals surface area contributed by atoms with Crippen molar-refractivity contribution in [2.75, 3.05) is 13.1 Å². The van der Waals surface area contributed by atoms with Crippen LogP contribution in [-0.4, -0.2) is 37.1 Å². The molecular formula is C12H25N3O. The van der Waals surface area contributed by atoms with E-state index in [-0.39, 0.29) is 23.4 Å².